The van der Waals surface area contributed by atoms with Crippen molar-refractivity contribution in [2.45, 2.75) is 18.8 Å². The van der Waals surface area contributed by atoms with Crippen LogP contribution in [0.1, 0.15) is 35.4 Å². The Balaban J connectivity index is 2.00. The van der Waals surface area contributed by atoms with E-state index < -0.39 is 11.9 Å². The number of likely N-dealkylation sites (N-methyl/N-ethyl adjacent to an activating group) is 1. The van der Waals surface area contributed by atoms with Crippen LogP contribution in [0, 0.1) is 5.92 Å². The first-order valence-electron chi connectivity index (χ1n) is 10.7. The van der Waals surface area contributed by atoms with Gasteiger partial charge in [-0.3, -0.25) is 4.79 Å². The van der Waals surface area contributed by atoms with Crippen molar-refractivity contribution in [2.75, 3.05) is 27.2 Å². The van der Waals surface area contributed by atoms with Gasteiger partial charge in [0.25, 0.3) is 0 Å². The molecule has 31 heavy (non-hydrogen) atoms. The van der Waals surface area contributed by atoms with Gasteiger partial charge in [0.1, 0.15) is 12.4 Å². The molecule has 3 aromatic carbocycles. The molecule has 0 bridgehead atoms. The molecule has 0 fully saturated rings. The van der Waals surface area contributed by atoms with E-state index in [1.165, 1.54) is 0 Å². The van der Waals surface area contributed by atoms with Crippen LogP contribution in [0.4, 0.5) is 0 Å². The third kappa shape index (κ3) is 5.96. The fourth-order valence-corrected chi connectivity index (χ4v) is 3.98. The zero-order valence-electron chi connectivity index (χ0n) is 18.4. The molecule has 4 heteroatoms. The second-order valence-electron chi connectivity index (χ2n) is 8.17. The van der Waals surface area contributed by atoms with E-state index in [2.05, 4.69) is 29.2 Å². The molecule has 0 aliphatic rings. The van der Waals surface area contributed by atoms with Gasteiger partial charge in [0.05, 0.1) is 5.92 Å². The van der Waals surface area contributed by atoms with E-state index in [-0.39, 0.29) is 11.8 Å². The SMILES string of the molecule is CC(C(=O)O)C(c1ccccc1)C(c1ccccc1)c1ccc(OCCN(C)C)cc1. The van der Waals surface area contributed by atoms with Gasteiger partial charge < -0.3 is 14.7 Å². The first-order chi connectivity index (χ1) is 15.0. The van der Waals surface area contributed by atoms with E-state index in [0.717, 1.165) is 29.0 Å². The quantitative estimate of drug-likeness (QED) is 0.489. The summed E-state index contributed by atoms with van der Waals surface area (Å²) in [6, 6.07) is 28.2. The zero-order chi connectivity index (χ0) is 22.2. The van der Waals surface area contributed by atoms with Gasteiger partial charge in [-0.1, -0.05) is 79.7 Å². The van der Waals surface area contributed by atoms with Crippen molar-refractivity contribution in [3.8, 4) is 5.75 Å². The van der Waals surface area contributed by atoms with Crippen molar-refractivity contribution in [1.29, 1.82) is 0 Å². The molecular formula is C27H31NO3. The maximum absolute atomic E-state index is 12.1. The normalized spacial score (nSPS) is 14.1. The van der Waals surface area contributed by atoms with Gasteiger partial charge in [-0.25, -0.2) is 0 Å². The highest BCUT2D eigenvalue weighted by Gasteiger charge is 2.34. The molecule has 162 valence electrons. The fourth-order valence-electron chi connectivity index (χ4n) is 3.98. The second-order valence-corrected chi connectivity index (χ2v) is 8.17. The Labute approximate surface area is 185 Å². The largest absolute Gasteiger partial charge is 0.492 e. The summed E-state index contributed by atoms with van der Waals surface area (Å²) in [4.78, 5) is 14.2. The van der Waals surface area contributed by atoms with E-state index in [1.807, 2.05) is 74.8 Å². The lowest BCUT2D eigenvalue weighted by molar-refractivity contribution is -0.142. The average molecular weight is 418 g/mol. The highest BCUT2D eigenvalue weighted by atomic mass is 16.5. The minimum atomic E-state index is -0.793. The van der Waals surface area contributed by atoms with Crippen molar-refractivity contribution >= 4 is 5.97 Å². The number of hydrogen-bond acceptors (Lipinski definition) is 3. The molecular weight excluding hydrogens is 386 g/mol. The minimum Gasteiger partial charge on any atom is -0.492 e. The minimum absolute atomic E-state index is 0.0921. The molecule has 0 aromatic heterocycles. The molecule has 0 spiro atoms. The number of carboxylic acids is 1. The number of aliphatic carboxylic acids is 1. The van der Waals surface area contributed by atoms with Gasteiger partial charge in [-0.2, -0.15) is 0 Å². The summed E-state index contributed by atoms with van der Waals surface area (Å²) in [7, 11) is 4.04. The molecule has 4 nitrogen and oxygen atoms in total. The third-order valence-corrected chi connectivity index (χ3v) is 5.68. The molecule has 3 rings (SSSR count). The van der Waals surface area contributed by atoms with Crippen LogP contribution in [-0.2, 0) is 4.79 Å². The summed E-state index contributed by atoms with van der Waals surface area (Å²) in [5, 5.41) is 9.92. The predicted octanol–water partition coefficient (Wildman–Crippen LogP) is 5.26. The van der Waals surface area contributed by atoms with Crippen LogP contribution in [0.3, 0.4) is 0 Å². The van der Waals surface area contributed by atoms with Gasteiger partial charge in [-0.15, -0.1) is 0 Å². The van der Waals surface area contributed by atoms with E-state index in [4.69, 9.17) is 4.74 Å². The summed E-state index contributed by atoms with van der Waals surface area (Å²) in [6.07, 6.45) is 0. The van der Waals surface area contributed by atoms with Crippen molar-refractivity contribution in [3.05, 3.63) is 102 Å². The molecule has 0 radical (unpaired) electrons. The molecule has 3 atom stereocenters. The van der Waals surface area contributed by atoms with Crippen LogP contribution in [-0.4, -0.2) is 43.2 Å². The molecule has 3 aromatic rings. The number of benzene rings is 3. The maximum Gasteiger partial charge on any atom is 0.306 e. The number of carbonyl (C=O) groups is 1. The van der Waals surface area contributed by atoms with Crippen molar-refractivity contribution in [3.63, 3.8) is 0 Å². The lowest BCUT2D eigenvalue weighted by atomic mass is 9.71. The molecule has 0 amide bonds. The Hall–Kier alpha value is -3.11. The lowest BCUT2D eigenvalue weighted by Crippen LogP contribution is -2.25. The predicted molar refractivity (Wildman–Crippen MR) is 125 cm³/mol. The van der Waals surface area contributed by atoms with Gasteiger partial charge in [-0.05, 0) is 42.9 Å². The Kier molecular flexibility index (Phi) is 7.85. The van der Waals surface area contributed by atoms with Crippen molar-refractivity contribution < 1.29 is 14.6 Å². The Morgan fingerprint density at radius 3 is 1.87 bits per heavy atom. The third-order valence-electron chi connectivity index (χ3n) is 5.68. The van der Waals surface area contributed by atoms with Crippen LogP contribution in [0.15, 0.2) is 84.9 Å². The smallest absolute Gasteiger partial charge is 0.306 e. The number of rotatable bonds is 10. The van der Waals surface area contributed by atoms with Crippen molar-refractivity contribution in [1.82, 2.24) is 4.90 Å². The first-order valence-corrected chi connectivity index (χ1v) is 10.7. The fraction of sp³-hybridized carbons (Fsp3) is 0.296. The summed E-state index contributed by atoms with van der Waals surface area (Å²) in [6.45, 7) is 3.27. The van der Waals surface area contributed by atoms with Crippen LogP contribution < -0.4 is 4.74 Å². The van der Waals surface area contributed by atoms with Crippen LogP contribution in [0.25, 0.3) is 0 Å². The van der Waals surface area contributed by atoms with E-state index >= 15 is 0 Å². The summed E-state index contributed by atoms with van der Waals surface area (Å²) in [5.74, 6) is -0.825. The van der Waals surface area contributed by atoms with Gasteiger partial charge in [0.2, 0.25) is 0 Å². The zero-order valence-corrected chi connectivity index (χ0v) is 18.4. The van der Waals surface area contributed by atoms with Gasteiger partial charge >= 0.3 is 5.97 Å². The van der Waals surface area contributed by atoms with Gasteiger partial charge in [0.15, 0.2) is 0 Å². The van der Waals surface area contributed by atoms with Crippen LogP contribution >= 0.6 is 0 Å². The molecule has 3 unspecified atom stereocenters. The number of hydrogen-bond donors (Lipinski definition) is 1. The monoisotopic (exact) mass is 417 g/mol. The lowest BCUT2D eigenvalue weighted by Gasteiger charge is -2.31. The molecule has 0 saturated heterocycles. The maximum atomic E-state index is 12.1. The van der Waals surface area contributed by atoms with Crippen LogP contribution in [0.5, 0.6) is 5.75 Å². The highest BCUT2D eigenvalue weighted by molar-refractivity contribution is 5.71. The van der Waals surface area contributed by atoms with E-state index in [0.29, 0.717) is 6.61 Å². The Morgan fingerprint density at radius 2 is 1.35 bits per heavy atom. The average Bonchev–Trinajstić information content (AvgIpc) is 2.78. The van der Waals surface area contributed by atoms with E-state index in [9.17, 15) is 9.90 Å². The number of carboxylic acid groups (broad SMARTS) is 1. The Morgan fingerprint density at radius 1 is 0.839 bits per heavy atom. The topological polar surface area (TPSA) is 49.8 Å². The number of ether oxygens (including phenoxy) is 1. The molecule has 0 heterocycles. The van der Waals surface area contributed by atoms with Crippen molar-refractivity contribution in [2.24, 2.45) is 5.92 Å². The number of nitrogens with zero attached hydrogens (tertiary/aromatic N) is 1. The summed E-state index contributed by atoms with van der Waals surface area (Å²) < 4.78 is 5.85. The standard InChI is InChI=1S/C27H31NO3/c1-20(27(29)30)25(21-10-6-4-7-11-21)26(22-12-8-5-9-13-22)23-14-16-24(17-15-23)31-19-18-28(2)3/h4-17,20,25-26H,18-19H2,1-3H3,(H,29,30). The summed E-state index contributed by atoms with van der Waals surface area (Å²) >= 11 is 0. The first kappa shape index (κ1) is 22.6. The molecule has 0 aliphatic carbocycles. The van der Waals surface area contributed by atoms with Gasteiger partial charge in [0, 0.05) is 18.4 Å². The van der Waals surface area contributed by atoms with Crippen LogP contribution in [0.2, 0.25) is 0 Å². The second kappa shape index (κ2) is 10.8. The molecule has 1 N–H and O–H groups in total. The Bertz CT molecular complexity index is 939. The summed E-state index contributed by atoms with van der Waals surface area (Å²) in [5.41, 5.74) is 3.21. The molecule has 0 aliphatic heterocycles. The highest BCUT2D eigenvalue weighted by Crippen LogP contribution is 2.43. The molecule has 0 saturated carbocycles. The van der Waals surface area contributed by atoms with E-state index in [1.54, 1.807) is 6.92 Å².